The predicted molar refractivity (Wildman–Crippen MR) is 118 cm³/mol. The highest BCUT2D eigenvalue weighted by atomic mass is 32.1. The van der Waals surface area contributed by atoms with Crippen molar-refractivity contribution in [2.24, 2.45) is 0 Å². The molecule has 6 rings (SSSR count). The van der Waals surface area contributed by atoms with Crippen molar-refractivity contribution < 1.29 is 37.7 Å². The molecular weight excluding hydrogens is 482 g/mol. The van der Waals surface area contributed by atoms with Gasteiger partial charge < -0.3 is 24.6 Å². The Labute approximate surface area is 201 Å². The molecule has 0 radical (unpaired) electrons. The van der Waals surface area contributed by atoms with E-state index in [0.29, 0.717) is 35.6 Å². The Balaban J connectivity index is 1.26. The van der Waals surface area contributed by atoms with Gasteiger partial charge in [-0.3, -0.25) is 4.79 Å². The molecule has 0 saturated heterocycles. The molecule has 2 aliphatic heterocycles. The van der Waals surface area contributed by atoms with E-state index in [9.17, 15) is 23.5 Å². The number of alkyl halides is 2. The van der Waals surface area contributed by atoms with Gasteiger partial charge in [0.1, 0.15) is 10.8 Å². The van der Waals surface area contributed by atoms with E-state index in [0.717, 1.165) is 5.56 Å². The molecule has 3 heterocycles. The maximum absolute atomic E-state index is 13.5. The number of ether oxygens (including phenoxy) is 3. The zero-order valence-electron chi connectivity index (χ0n) is 18.0. The number of thiazole rings is 1. The smallest absolute Gasteiger partial charge is 0.483 e. The normalized spacial score (nSPS) is 22.6. The molecular formula is C24H18F2N2O6S. The van der Waals surface area contributed by atoms with Gasteiger partial charge in [-0.1, -0.05) is 24.3 Å². The second kappa shape index (κ2) is 7.64. The minimum Gasteiger partial charge on any atom is -0.483 e. The lowest BCUT2D eigenvalue weighted by atomic mass is 9.91. The van der Waals surface area contributed by atoms with Crippen LogP contribution in [0.5, 0.6) is 17.2 Å². The summed E-state index contributed by atoms with van der Waals surface area (Å²) in [4.78, 5) is 28.9. The lowest BCUT2D eigenvalue weighted by molar-refractivity contribution is -0.286. The van der Waals surface area contributed by atoms with Gasteiger partial charge in [-0.05, 0) is 36.6 Å². The molecule has 11 heteroatoms. The van der Waals surface area contributed by atoms with Crippen LogP contribution in [0.15, 0.2) is 47.8 Å². The van der Waals surface area contributed by atoms with E-state index in [1.54, 1.807) is 12.1 Å². The van der Waals surface area contributed by atoms with E-state index in [2.05, 4.69) is 19.8 Å². The number of carbonyl (C=O) groups excluding carboxylic acids is 1. The van der Waals surface area contributed by atoms with Crippen molar-refractivity contribution in [2.45, 2.75) is 43.1 Å². The summed E-state index contributed by atoms with van der Waals surface area (Å²) in [5.74, 6) is -0.933. The van der Waals surface area contributed by atoms with Gasteiger partial charge in [-0.2, -0.15) is 0 Å². The molecule has 3 aromatic rings. The first-order valence-electron chi connectivity index (χ1n) is 10.9. The minimum absolute atomic E-state index is 0.0571. The molecule has 0 bridgehead atoms. The molecule has 180 valence electrons. The van der Waals surface area contributed by atoms with Crippen LogP contribution in [0.4, 0.5) is 8.78 Å². The van der Waals surface area contributed by atoms with Crippen LogP contribution in [0.2, 0.25) is 0 Å². The van der Waals surface area contributed by atoms with E-state index in [1.807, 2.05) is 18.2 Å². The Hall–Kier alpha value is -3.73. The third kappa shape index (κ3) is 3.75. The highest BCUT2D eigenvalue weighted by Gasteiger charge is 2.53. The number of nitrogens with one attached hydrogen (secondary N) is 1. The van der Waals surface area contributed by atoms with Crippen molar-refractivity contribution in [2.75, 3.05) is 0 Å². The van der Waals surface area contributed by atoms with Gasteiger partial charge in [-0.25, -0.2) is 9.78 Å². The number of carboxylic acids is 1. The molecule has 35 heavy (non-hydrogen) atoms. The fourth-order valence-corrected chi connectivity index (χ4v) is 5.39. The minimum atomic E-state index is -3.73. The Morgan fingerprint density at radius 2 is 1.86 bits per heavy atom. The Bertz CT molecular complexity index is 1360. The van der Waals surface area contributed by atoms with E-state index >= 15 is 0 Å². The van der Waals surface area contributed by atoms with Crippen LogP contribution in [0.25, 0.3) is 0 Å². The summed E-state index contributed by atoms with van der Waals surface area (Å²) >= 11 is 1.19. The quantitative estimate of drug-likeness (QED) is 0.528. The number of halogens is 2. The number of carbonyl (C=O) groups is 2. The SMILES string of the molecule is O=C(O)c1csc([C@@H]2C[C@H](NC(=O)C3(c4ccc5c(c4)OC(F)(F)O5)CC3)c3ccccc3O2)n1. The second-order valence-corrected chi connectivity index (χ2v) is 9.58. The maximum Gasteiger partial charge on any atom is 0.586 e. The summed E-state index contributed by atoms with van der Waals surface area (Å²) in [5, 5.41) is 14.3. The lowest BCUT2D eigenvalue weighted by Gasteiger charge is -2.32. The van der Waals surface area contributed by atoms with E-state index in [1.165, 1.54) is 28.8 Å². The van der Waals surface area contributed by atoms with Crippen molar-refractivity contribution in [3.8, 4) is 17.2 Å². The fraction of sp³-hybridized carbons (Fsp3) is 0.292. The highest BCUT2D eigenvalue weighted by molar-refractivity contribution is 7.09. The standard InChI is InChI=1S/C24H18F2N2O6S/c25-24(26)33-17-6-5-12(9-18(17)34-24)23(7-8-23)22(31)28-14-10-19(20-27-15(11-35-20)21(29)30)32-16-4-2-1-3-13(14)16/h1-6,9,11,14,19H,7-8,10H2,(H,28,31)(H,29,30)/t14-,19-/m0/s1. The maximum atomic E-state index is 13.5. The molecule has 1 aromatic heterocycles. The number of rotatable bonds is 5. The summed E-state index contributed by atoms with van der Waals surface area (Å²) in [5.41, 5.74) is 0.473. The van der Waals surface area contributed by atoms with Crippen LogP contribution >= 0.6 is 11.3 Å². The van der Waals surface area contributed by atoms with Gasteiger partial charge in [0.25, 0.3) is 0 Å². The van der Waals surface area contributed by atoms with E-state index in [4.69, 9.17) is 4.74 Å². The fourth-order valence-electron chi connectivity index (χ4n) is 4.55. The number of fused-ring (bicyclic) bond motifs is 2. The zero-order chi connectivity index (χ0) is 24.4. The van der Waals surface area contributed by atoms with E-state index in [-0.39, 0.29) is 23.1 Å². The summed E-state index contributed by atoms with van der Waals surface area (Å²) < 4.78 is 42.0. The number of carboxylic acid groups (broad SMARTS) is 1. The monoisotopic (exact) mass is 500 g/mol. The molecule has 1 aliphatic carbocycles. The molecule has 1 fully saturated rings. The van der Waals surface area contributed by atoms with Crippen molar-refractivity contribution in [1.29, 1.82) is 0 Å². The molecule has 8 nitrogen and oxygen atoms in total. The average molecular weight is 500 g/mol. The van der Waals surface area contributed by atoms with Crippen molar-refractivity contribution in [3.63, 3.8) is 0 Å². The van der Waals surface area contributed by atoms with Crippen LogP contribution in [0.3, 0.4) is 0 Å². The van der Waals surface area contributed by atoms with Crippen molar-refractivity contribution >= 4 is 23.2 Å². The van der Waals surface area contributed by atoms with Gasteiger partial charge in [0.15, 0.2) is 23.3 Å². The van der Waals surface area contributed by atoms with Crippen molar-refractivity contribution in [3.05, 3.63) is 69.7 Å². The predicted octanol–water partition coefficient (Wildman–Crippen LogP) is 4.58. The molecule has 2 N–H and O–H groups in total. The van der Waals surface area contributed by atoms with E-state index < -0.39 is 29.8 Å². The van der Waals surface area contributed by atoms with Gasteiger partial charge in [0.05, 0.1) is 11.5 Å². The Morgan fingerprint density at radius 1 is 1.09 bits per heavy atom. The van der Waals surface area contributed by atoms with Crippen LogP contribution < -0.4 is 19.5 Å². The van der Waals surface area contributed by atoms with Gasteiger partial charge in [-0.15, -0.1) is 20.1 Å². The van der Waals surface area contributed by atoms with Crippen LogP contribution in [-0.4, -0.2) is 28.3 Å². The Kier molecular flexibility index (Phi) is 4.75. The van der Waals surface area contributed by atoms with Crippen LogP contribution in [-0.2, 0) is 10.2 Å². The summed E-state index contributed by atoms with van der Waals surface area (Å²) in [7, 11) is 0. The summed E-state index contributed by atoms with van der Waals surface area (Å²) in [6, 6.07) is 11.3. The molecule has 1 saturated carbocycles. The summed E-state index contributed by atoms with van der Waals surface area (Å²) in [6.45, 7) is 0. The number of aromatic carboxylic acids is 1. The number of aromatic nitrogens is 1. The van der Waals surface area contributed by atoms with Gasteiger partial charge in [0.2, 0.25) is 5.91 Å². The number of para-hydroxylation sites is 1. The van der Waals surface area contributed by atoms with Gasteiger partial charge in [0, 0.05) is 17.4 Å². The third-order valence-electron chi connectivity index (χ3n) is 6.47. The number of benzene rings is 2. The second-order valence-electron chi connectivity index (χ2n) is 8.69. The number of hydrogen-bond donors (Lipinski definition) is 2. The number of nitrogens with zero attached hydrogens (tertiary/aromatic N) is 1. The lowest BCUT2D eigenvalue weighted by Crippen LogP contribution is -2.39. The van der Waals surface area contributed by atoms with Crippen LogP contribution in [0, 0.1) is 0 Å². The number of hydrogen-bond acceptors (Lipinski definition) is 7. The first kappa shape index (κ1) is 21.8. The largest absolute Gasteiger partial charge is 0.586 e. The zero-order valence-corrected chi connectivity index (χ0v) is 18.8. The van der Waals surface area contributed by atoms with Crippen LogP contribution in [0.1, 0.15) is 58.0 Å². The molecule has 2 aromatic carbocycles. The van der Waals surface area contributed by atoms with Gasteiger partial charge >= 0.3 is 12.3 Å². The molecule has 0 unspecified atom stereocenters. The summed E-state index contributed by atoms with van der Waals surface area (Å²) in [6.07, 6.45) is -2.76. The Morgan fingerprint density at radius 3 is 2.60 bits per heavy atom. The number of amides is 1. The molecule has 3 aliphatic rings. The molecule has 1 amide bonds. The average Bonchev–Trinajstić information content (AvgIpc) is 3.36. The molecule has 2 atom stereocenters. The third-order valence-corrected chi connectivity index (χ3v) is 7.41. The topological polar surface area (TPSA) is 107 Å². The first-order chi connectivity index (χ1) is 16.7. The highest BCUT2D eigenvalue weighted by Crippen LogP contribution is 2.52. The molecule has 0 spiro atoms. The van der Waals surface area contributed by atoms with Crippen molar-refractivity contribution in [1.82, 2.24) is 10.3 Å². The first-order valence-corrected chi connectivity index (χ1v) is 11.8.